The summed E-state index contributed by atoms with van der Waals surface area (Å²) in [6.07, 6.45) is -0.166. The zero-order valence-corrected chi connectivity index (χ0v) is 15.2. The van der Waals surface area contributed by atoms with Crippen molar-refractivity contribution in [2.45, 2.75) is 32.7 Å². The third-order valence-electron chi connectivity index (χ3n) is 4.64. The van der Waals surface area contributed by atoms with Crippen molar-refractivity contribution in [3.8, 4) is 0 Å². The highest BCUT2D eigenvalue weighted by Crippen LogP contribution is 2.27. The van der Waals surface area contributed by atoms with E-state index in [2.05, 4.69) is 15.6 Å². The third-order valence-corrected chi connectivity index (χ3v) is 4.64. The summed E-state index contributed by atoms with van der Waals surface area (Å²) in [6, 6.07) is 11.2. The Morgan fingerprint density at radius 1 is 1.21 bits per heavy atom. The van der Waals surface area contributed by atoms with Gasteiger partial charge in [-0.25, -0.2) is 13.5 Å². The quantitative estimate of drug-likeness (QED) is 0.751. The number of fused-ring (bicyclic) bond motifs is 1. The minimum absolute atomic E-state index is 0.0212. The molecule has 0 radical (unpaired) electrons. The first-order valence-electron chi connectivity index (χ1n) is 8.83. The summed E-state index contributed by atoms with van der Waals surface area (Å²) < 4.78 is 34.1. The fraction of sp³-hybridized carbons (Fsp3) is 0.250. The summed E-state index contributed by atoms with van der Waals surface area (Å²) in [4.78, 5) is 12.4. The second kappa shape index (κ2) is 7.47. The number of aryl methyl sites for hydroxylation is 1. The normalized spacial score (nSPS) is 15.9. The van der Waals surface area contributed by atoms with Gasteiger partial charge in [-0.3, -0.25) is 4.79 Å². The van der Waals surface area contributed by atoms with Crippen LogP contribution in [0, 0.1) is 18.6 Å². The lowest BCUT2D eigenvalue weighted by Gasteiger charge is -2.24. The average molecular weight is 384 g/mol. The van der Waals surface area contributed by atoms with E-state index in [0.717, 1.165) is 17.2 Å². The number of aromatic nitrogens is 3. The third kappa shape index (κ3) is 3.77. The molecule has 6 nitrogen and oxygen atoms in total. The summed E-state index contributed by atoms with van der Waals surface area (Å²) in [6.45, 7) is 2.65. The molecule has 1 unspecified atom stereocenters. The number of amides is 1. The van der Waals surface area contributed by atoms with E-state index in [9.17, 15) is 13.6 Å². The molecule has 3 aromatic rings. The number of rotatable bonds is 4. The van der Waals surface area contributed by atoms with Crippen molar-refractivity contribution in [2.75, 3.05) is 0 Å². The molecule has 0 spiro atoms. The van der Waals surface area contributed by atoms with E-state index in [1.807, 2.05) is 31.2 Å². The molecule has 0 saturated carbocycles. The van der Waals surface area contributed by atoms with Crippen LogP contribution >= 0.6 is 0 Å². The molecule has 2 aromatic carbocycles. The van der Waals surface area contributed by atoms with Crippen LogP contribution in [0.1, 0.15) is 39.0 Å². The van der Waals surface area contributed by atoms with Crippen LogP contribution in [0.15, 0.2) is 42.5 Å². The van der Waals surface area contributed by atoms with Crippen molar-refractivity contribution in [3.63, 3.8) is 0 Å². The number of halogens is 2. The summed E-state index contributed by atoms with van der Waals surface area (Å²) in [5.41, 5.74) is 3.25. The number of carbonyl (C=O) groups excluding carboxylic acids is 1. The Morgan fingerprint density at radius 3 is 2.64 bits per heavy atom. The van der Waals surface area contributed by atoms with Gasteiger partial charge in [0.1, 0.15) is 17.7 Å². The number of benzene rings is 2. The highest BCUT2D eigenvalue weighted by Gasteiger charge is 2.27. The maximum atomic E-state index is 13.3. The van der Waals surface area contributed by atoms with Gasteiger partial charge in [0.25, 0.3) is 5.91 Å². The fourth-order valence-corrected chi connectivity index (χ4v) is 3.15. The lowest BCUT2D eigenvalue weighted by atomic mass is 10.1. The number of carbonyl (C=O) groups is 1. The molecule has 1 aliphatic rings. The van der Waals surface area contributed by atoms with Gasteiger partial charge in [-0.2, -0.15) is 0 Å². The molecule has 1 atom stereocenters. The highest BCUT2D eigenvalue weighted by molar-refractivity contribution is 5.93. The summed E-state index contributed by atoms with van der Waals surface area (Å²) in [5.74, 6) is -1.86. The number of nitrogens with zero attached hydrogens (tertiary/aromatic N) is 3. The van der Waals surface area contributed by atoms with Crippen molar-refractivity contribution < 1.29 is 18.3 Å². The zero-order chi connectivity index (χ0) is 19.7. The number of hydrogen-bond donors (Lipinski definition) is 1. The van der Waals surface area contributed by atoms with E-state index in [1.54, 1.807) is 4.68 Å². The first-order valence-corrected chi connectivity index (χ1v) is 8.83. The molecule has 28 heavy (non-hydrogen) atoms. The summed E-state index contributed by atoms with van der Waals surface area (Å²) in [7, 11) is 0. The number of nitrogens with one attached hydrogen (secondary N) is 1. The maximum absolute atomic E-state index is 13.3. The van der Waals surface area contributed by atoms with Gasteiger partial charge in [-0.15, -0.1) is 5.10 Å². The van der Waals surface area contributed by atoms with E-state index >= 15 is 0 Å². The van der Waals surface area contributed by atoms with Crippen LogP contribution in [0.4, 0.5) is 8.78 Å². The van der Waals surface area contributed by atoms with Gasteiger partial charge in [-0.1, -0.05) is 35.0 Å². The van der Waals surface area contributed by atoms with Crippen molar-refractivity contribution >= 4 is 5.91 Å². The SMILES string of the molecule is Cc1ccc(C2Cn3nnc(C(=O)NCc4cc(F)cc(F)c4)c3CO2)cc1. The minimum Gasteiger partial charge on any atom is -0.365 e. The molecule has 1 aliphatic heterocycles. The predicted octanol–water partition coefficient (Wildman–Crippen LogP) is 3.07. The largest absolute Gasteiger partial charge is 0.365 e. The number of ether oxygens (including phenoxy) is 1. The predicted molar refractivity (Wildman–Crippen MR) is 96.3 cm³/mol. The van der Waals surface area contributed by atoms with Gasteiger partial charge in [0.15, 0.2) is 5.69 Å². The lowest BCUT2D eigenvalue weighted by Crippen LogP contribution is -2.27. The molecular weight excluding hydrogens is 366 g/mol. The molecule has 8 heteroatoms. The van der Waals surface area contributed by atoms with Gasteiger partial charge in [0.2, 0.25) is 0 Å². The Labute approximate surface area is 160 Å². The Hall–Kier alpha value is -3.13. The maximum Gasteiger partial charge on any atom is 0.274 e. The Bertz CT molecular complexity index is 997. The van der Waals surface area contributed by atoms with Crippen molar-refractivity contribution in [1.29, 1.82) is 0 Å². The molecule has 2 heterocycles. The van der Waals surface area contributed by atoms with Gasteiger partial charge in [-0.05, 0) is 30.2 Å². The van der Waals surface area contributed by atoms with Gasteiger partial charge in [0.05, 0.1) is 18.8 Å². The summed E-state index contributed by atoms with van der Waals surface area (Å²) in [5, 5.41) is 10.6. The lowest BCUT2D eigenvalue weighted by molar-refractivity contribution is -0.00177. The zero-order valence-electron chi connectivity index (χ0n) is 15.2. The van der Waals surface area contributed by atoms with Gasteiger partial charge >= 0.3 is 0 Å². The van der Waals surface area contributed by atoms with E-state index in [1.165, 1.54) is 12.1 Å². The minimum atomic E-state index is -0.694. The molecule has 0 aliphatic carbocycles. The van der Waals surface area contributed by atoms with E-state index in [4.69, 9.17) is 4.74 Å². The standard InChI is InChI=1S/C20H18F2N4O2/c1-12-2-4-14(5-3-12)18-10-26-17(11-28-18)19(24-25-26)20(27)23-9-13-6-15(21)8-16(22)7-13/h2-8,18H,9-11H2,1H3,(H,23,27). The molecule has 0 bridgehead atoms. The molecule has 144 valence electrons. The van der Waals surface area contributed by atoms with Crippen LogP contribution in [-0.4, -0.2) is 20.9 Å². The first-order chi connectivity index (χ1) is 13.5. The Morgan fingerprint density at radius 2 is 1.93 bits per heavy atom. The van der Waals surface area contributed by atoms with E-state index in [-0.39, 0.29) is 24.9 Å². The molecule has 1 aromatic heterocycles. The van der Waals surface area contributed by atoms with E-state index < -0.39 is 17.5 Å². The molecule has 4 rings (SSSR count). The smallest absolute Gasteiger partial charge is 0.274 e. The topological polar surface area (TPSA) is 69.0 Å². The van der Waals surface area contributed by atoms with E-state index in [0.29, 0.717) is 17.8 Å². The average Bonchev–Trinajstić information content (AvgIpc) is 3.09. The van der Waals surface area contributed by atoms with Gasteiger partial charge in [0, 0.05) is 12.6 Å². The van der Waals surface area contributed by atoms with Crippen LogP contribution in [0.3, 0.4) is 0 Å². The van der Waals surface area contributed by atoms with Crippen LogP contribution in [0.25, 0.3) is 0 Å². The molecule has 1 N–H and O–H groups in total. The van der Waals surface area contributed by atoms with Crippen LogP contribution in [0.2, 0.25) is 0 Å². The van der Waals surface area contributed by atoms with Crippen LogP contribution in [0.5, 0.6) is 0 Å². The van der Waals surface area contributed by atoms with Gasteiger partial charge < -0.3 is 10.1 Å². The second-order valence-electron chi connectivity index (χ2n) is 6.74. The molecule has 1 amide bonds. The van der Waals surface area contributed by atoms with Crippen molar-refractivity contribution in [2.24, 2.45) is 0 Å². The van der Waals surface area contributed by atoms with Crippen LogP contribution < -0.4 is 5.32 Å². The van der Waals surface area contributed by atoms with Crippen molar-refractivity contribution in [1.82, 2.24) is 20.3 Å². The Kier molecular flexibility index (Phi) is 4.87. The summed E-state index contributed by atoms with van der Waals surface area (Å²) >= 11 is 0. The second-order valence-corrected chi connectivity index (χ2v) is 6.74. The number of hydrogen-bond acceptors (Lipinski definition) is 4. The van der Waals surface area contributed by atoms with Crippen molar-refractivity contribution in [3.05, 3.63) is 82.2 Å². The monoisotopic (exact) mass is 384 g/mol. The highest BCUT2D eigenvalue weighted by atomic mass is 19.1. The molecule has 0 saturated heterocycles. The first kappa shape index (κ1) is 18.2. The fourth-order valence-electron chi connectivity index (χ4n) is 3.15. The Balaban J connectivity index is 1.45. The molecule has 0 fully saturated rings. The molecular formula is C20H18F2N4O2. The van der Waals surface area contributed by atoms with Crippen LogP contribution in [-0.2, 0) is 24.4 Å².